The summed E-state index contributed by atoms with van der Waals surface area (Å²) in [5.41, 5.74) is 6.94. The van der Waals surface area contributed by atoms with Crippen LogP contribution in [0.3, 0.4) is 0 Å². The van der Waals surface area contributed by atoms with Gasteiger partial charge in [0.1, 0.15) is 17.4 Å². The molecule has 1 heterocycles. The molecule has 2 atom stereocenters. The van der Waals surface area contributed by atoms with Crippen LogP contribution in [0, 0.1) is 5.41 Å². The van der Waals surface area contributed by atoms with Crippen molar-refractivity contribution in [1.29, 1.82) is 0 Å². The third kappa shape index (κ3) is 3.04. The highest BCUT2D eigenvalue weighted by Crippen LogP contribution is 2.30. The second-order valence-corrected chi connectivity index (χ2v) is 6.09. The average molecular weight is 258 g/mol. The van der Waals surface area contributed by atoms with Crippen LogP contribution in [0.25, 0.3) is 10.9 Å². The molecule has 3 nitrogen and oxygen atoms in total. The fourth-order valence-electron chi connectivity index (χ4n) is 2.38. The topological polar surface area (TPSA) is 48.1 Å². The minimum absolute atomic E-state index is 0.0227. The lowest BCUT2D eigenvalue weighted by Crippen LogP contribution is -2.45. The fraction of sp³-hybridized carbons (Fsp3) is 0.438. The summed E-state index contributed by atoms with van der Waals surface area (Å²) in [4.78, 5) is 4.41. The zero-order chi connectivity index (χ0) is 14.0. The van der Waals surface area contributed by atoms with Crippen LogP contribution in [0.4, 0.5) is 0 Å². The van der Waals surface area contributed by atoms with Crippen molar-refractivity contribution in [2.75, 3.05) is 0 Å². The van der Waals surface area contributed by atoms with E-state index >= 15 is 0 Å². The summed E-state index contributed by atoms with van der Waals surface area (Å²) in [5.74, 6) is 0.801. The van der Waals surface area contributed by atoms with Gasteiger partial charge in [-0.1, -0.05) is 39.0 Å². The molecule has 2 aromatic rings. The summed E-state index contributed by atoms with van der Waals surface area (Å²) in [7, 11) is 0. The van der Waals surface area contributed by atoms with Crippen molar-refractivity contribution >= 4 is 10.9 Å². The van der Waals surface area contributed by atoms with E-state index in [4.69, 9.17) is 10.5 Å². The maximum absolute atomic E-state index is 6.17. The number of nitrogens with zero attached hydrogens (tertiary/aromatic N) is 1. The number of hydrogen-bond donors (Lipinski definition) is 1. The molecule has 0 saturated carbocycles. The van der Waals surface area contributed by atoms with Gasteiger partial charge in [0.2, 0.25) is 0 Å². The summed E-state index contributed by atoms with van der Waals surface area (Å²) in [6.45, 7) is 8.40. The molecule has 0 amide bonds. The van der Waals surface area contributed by atoms with E-state index in [-0.39, 0.29) is 17.6 Å². The van der Waals surface area contributed by atoms with E-state index in [1.165, 1.54) is 0 Å². The lowest BCUT2D eigenvalue weighted by atomic mass is 9.85. The van der Waals surface area contributed by atoms with Gasteiger partial charge in [-0.25, -0.2) is 0 Å². The Bertz CT molecular complexity index is 553. The molecule has 1 aromatic carbocycles. The van der Waals surface area contributed by atoms with Crippen LogP contribution in [0.5, 0.6) is 5.75 Å². The number of hydrogen-bond acceptors (Lipinski definition) is 3. The molecule has 0 radical (unpaired) electrons. The smallest absolute Gasteiger partial charge is 0.146 e. The predicted octanol–water partition coefficient (Wildman–Crippen LogP) is 3.38. The maximum atomic E-state index is 6.17. The van der Waals surface area contributed by atoms with Gasteiger partial charge >= 0.3 is 0 Å². The first-order chi connectivity index (χ1) is 8.89. The lowest BCUT2D eigenvalue weighted by molar-refractivity contribution is 0.0697. The van der Waals surface area contributed by atoms with Gasteiger partial charge in [0.25, 0.3) is 0 Å². The number of para-hydroxylation sites is 1. The molecular weight excluding hydrogens is 236 g/mol. The first kappa shape index (κ1) is 13.8. The number of aromatic nitrogens is 1. The number of nitrogens with two attached hydrogens (primary N) is 1. The molecule has 0 aliphatic carbocycles. The molecule has 19 heavy (non-hydrogen) atoms. The van der Waals surface area contributed by atoms with Crippen molar-refractivity contribution < 1.29 is 4.74 Å². The van der Waals surface area contributed by atoms with Crippen molar-refractivity contribution in [3.8, 4) is 5.75 Å². The Morgan fingerprint density at radius 3 is 2.47 bits per heavy atom. The van der Waals surface area contributed by atoms with Gasteiger partial charge in [0.15, 0.2) is 0 Å². The number of ether oxygens (including phenoxy) is 1. The number of pyridine rings is 1. The van der Waals surface area contributed by atoms with Crippen molar-refractivity contribution in [3.63, 3.8) is 0 Å². The Morgan fingerprint density at radius 1 is 1.16 bits per heavy atom. The highest BCUT2D eigenvalue weighted by molar-refractivity contribution is 5.84. The van der Waals surface area contributed by atoms with Gasteiger partial charge in [0, 0.05) is 23.0 Å². The van der Waals surface area contributed by atoms with Crippen LogP contribution in [-0.2, 0) is 0 Å². The summed E-state index contributed by atoms with van der Waals surface area (Å²) in [6, 6.07) is 9.90. The van der Waals surface area contributed by atoms with Crippen molar-refractivity contribution in [1.82, 2.24) is 4.98 Å². The van der Waals surface area contributed by atoms with Gasteiger partial charge in [-0.05, 0) is 19.1 Å². The van der Waals surface area contributed by atoms with Gasteiger partial charge in [-0.15, -0.1) is 0 Å². The molecule has 0 aliphatic heterocycles. The predicted molar refractivity (Wildman–Crippen MR) is 79.3 cm³/mol. The minimum Gasteiger partial charge on any atom is -0.486 e. The average Bonchev–Trinajstić information content (AvgIpc) is 2.34. The van der Waals surface area contributed by atoms with Gasteiger partial charge < -0.3 is 10.5 Å². The second kappa shape index (κ2) is 5.17. The zero-order valence-electron chi connectivity index (χ0n) is 12.1. The highest BCUT2D eigenvalue weighted by Gasteiger charge is 2.30. The van der Waals surface area contributed by atoms with Crippen LogP contribution in [0.15, 0.2) is 36.5 Å². The van der Waals surface area contributed by atoms with Crippen LogP contribution in [0.1, 0.15) is 27.7 Å². The van der Waals surface area contributed by atoms with Crippen LogP contribution in [0.2, 0.25) is 0 Å². The second-order valence-electron chi connectivity index (χ2n) is 6.09. The summed E-state index contributed by atoms with van der Waals surface area (Å²) >= 11 is 0. The molecule has 102 valence electrons. The third-order valence-electron chi connectivity index (χ3n) is 3.18. The molecule has 1 aromatic heterocycles. The van der Waals surface area contributed by atoms with E-state index in [0.717, 1.165) is 16.7 Å². The van der Waals surface area contributed by atoms with Crippen molar-refractivity contribution in [2.24, 2.45) is 11.1 Å². The standard InChI is InChI=1S/C16H22N2O/c1-11(17)15(16(2,3)4)19-13-9-5-7-12-8-6-10-18-14(12)13/h5-11,15H,17H2,1-4H3. The molecule has 0 bridgehead atoms. The van der Waals surface area contributed by atoms with Gasteiger partial charge in [-0.3, -0.25) is 4.98 Å². The first-order valence-electron chi connectivity index (χ1n) is 6.65. The number of fused-ring (bicyclic) bond motifs is 1. The Balaban J connectivity index is 2.40. The molecule has 0 aliphatic rings. The zero-order valence-corrected chi connectivity index (χ0v) is 12.1. The molecule has 0 saturated heterocycles. The van der Waals surface area contributed by atoms with Crippen molar-refractivity contribution in [3.05, 3.63) is 36.5 Å². The van der Waals surface area contributed by atoms with Crippen LogP contribution in [-0.4, -0.2) is 17.1 Å². The van der Waals surface area contributed by atoms with Crippen molar-refractivity contribution in [2.45, 2.75) is 39.8 Å². The molecule has 0 spiro atoms. The molecule has 3 heteroatoms. The third-order valence-corrected chi connectivity index (χ3v) is 3.18. The summed E-state index contributed by atoms with van der Waals surface area (Å²) < 4.78 is 6.17. The molecular formula is C16H22N2O. The molecule has 0 fully saturated rings. The molecule has 2 N–H and O–H groups in total. The number of rotatable bonds is 3. The monoisotopic (exact) mass is 258 g/mol. The van der Waals surface area contributed by atoms with Crippen LogP contribution < -0.4 is 10.5 Å². The largest absolute Gasteiger partial charge is 0.486 e. The Morgan fingerprint density at radius 2 is 1.84 bits per heavy atom. The molecule has 2 rings (SSSR count). The lowest BCUT2D eigenvalue weighted by Gasteiger charge is -2.34. The normalized spacial score (nSPS) is 15.2. The number of benzene rings is 1. The van der Waals surface area contributed by atoms with E-state index in [9.17, 15) is 0 Å². The Hall–Kier alpha value is -1.61. The van der Waals surface area contributed by atoms with Gasteiger partial charge in [0.05, 0.1) is 0 Å². The Labute approximate surface area is 114 Å². The first-order valence-corrected chi connectivity index (χ1v) is 6.65. The van der Waals surface area contributed by atoms with Crippen LogP contribution >= 0.6 is 0 Å². The highest BCUT2D eigenvalue weighted by atomic mass is 16.5. The maximum Gasteiger partial charge on any atom is 0.146 e. The van der Waals surface area contributed by atoms with E-state index in [0.29, 0.717) is 0 Å². The SMILES string of the molecule is CC(N)C(Oc1cccc2cccnc12)C(C)(C)C. The minimum atomic E-state index is -0.0555. The van der Waals surface area contributed by atoms with Gasteiger partial charge in [-0.2, -0.15) is 0 Å². The quantitative estimate of drug-likeness (QED) is 0.918. The molecule has 2 unspecified atom stereocenters. The van der Waals surface area contributed by atoms with E-state index in [1.54, 1.807) is 6.20 Å². The van der Waals surface area contributed by atoms with E-state index in [2.05, 4.69) is 25.8 Å². The van der Waals surface area contributed by atoms with E-state index in [1.807, 2.05) is 37.3 Å². The Kier molecular flexibility index (Phi) is 3.76. The summed E-state index contributed by atoms with van der Waals surface area (Å²) in [6.07, 6.45) is 1.73. The fourth-order valence-corrected chi connectivity index (χ4v) is 2.38. The van der Waals surface area contributed by atoms with E-state index < -0.39 is 0 Å². The summed E-state index contributed by atoms with van der Waals surface area (Å²) in [5, 5.41) is 1.08.